The Bertz CT molecular complexity index is 106. The molecule has 0 aromatic carbocycles. The predicted molar refractivity (Wildman–Crippen MR) is 33.3 cm³/mol. The maximum Gasteiger partial charge on any atom is 0.185 e. The fourth-order valence-corrected chi connectivity index (χ4v) is 1.37. The molecule has 0 bridgehead atoms. The topological polar surface area (TPSA) is 19.9 Å². The molecule has 0 heterocycles. The van der Waals surface area contributed by atoms with E-state index in [1.54, 1.807) is 0 Å². The van der Waals surface area contributed by atoms with Crippen LogP contribution in [0.5, 0.6) is 0 Å². The molecule has 1 fully saturated rings. The Balaban J connectivity index is 2.72. The zero-order valence-corrected chi connectivity index (χ0v) is 6.52. The summed E-state index contributed by atoms with van der Waals surface area (Å²) in [6, 6.07) is 0. The van der Waals surface area contributed by atoms with E-state index < -0.39 is 14.8 Å². The Kier molecular flexibility index (Phi) is 1.43. The summed E-state index contributed by atoms with van der Waals surface area (Å²) in [5.41, 5.74) is 0. The maximum atomic E-state index is 10.4. The Labute approximate surface area is 66.5 Å². The molecule has 0 N–H and O–H groups in total. The van der Waals surface area contributed by atoms with E-state index in [1.807, 2.05) is 0 Å². The highest BCUT2D eigenvalue weighted by Crippen LogP contribution is 2.64. The van der Waals surface area contributed by atoms with Gasteiger partial charge >= 0.3 is 0 Å². The molecule has 0 spiro atoms. The van der Waals surface area contributed by atoms with E-state index in [0.717, 1.165) is 0 Å². The van der Waals surface area contributed by atoms with Crippen LogP contribution in [0.25, 0.3) is 0 Å². The summed E-state index contributed by atoms with van der Waals surface area (Å²) in [6.45, 7) is 0. The molecular weight excluding hydrogens is 194 g/mol. The van der Waals surface area contributed by atoms with Gasteiger partial charge in [-0.1, -0.05) is 46.4 Å². The van der Waals surface area contributed by atoms with Crippen LogP contribution in [0.3, 0.4) is 0 Å². The van der Waals surface area contributed by atoms with Gasteiger partial charge in [-0.05, 0) is 0 Å². The van der Waals surface area contributed by atoms with Gasteiger partial charge in [-0.2, -0.15) is 0 Å². The number of alkyl halides is 4. The second-order valence-electron chi connectivity index (χ2n) is 1.63. The van der Waals surface area contributed by atoms with E-state index >= 15 is 0 Å². The first kappa shape index (κ1) is 7.23. The first-order valence-electron chi connectivity index (χ1n) is 1.82. The van der Waals surface area contributed by atoms with Gasteiger partial charge in [0.05, 0.1) is 0 Å². The molecule has 0 amide bonds. The molecule has 0 atom stereocenters. The van der Waals surface area contributed by atoms with Crippen LogP contribution in [0.4, 0.5) is 0 Å². The Morgan fingerprint density at radius 3 is 1.12 bits per heavy atom. The van der Waals surface area contributed by atoms with Crippen molar-refractivity contribution in [3.05, 3.63) is 0 Å². The Morgan fingerprint density at radius 2 is 1.12 bits per heavy atom. The average molecular weight is 195 g/mol. The van der Waals surface area contributed by atoms with Crippen LogP contribution in [0, 0.1) is 0 Å². The molecule has 47 valence electrons. The maximum absolute atomic E-state index is 10.4. The van der Waals surface area contributed by atoms with Crippen molar-refractivity contribution in [3.63, 3.8) is 0 Å². The average Bonchev–Trinajstić information content (AvgIpc) is 1.88. The largest absolute Gasteiger partial charge is 0.226 e. The molecular formula is C3HCl4O. The molecule has 8 heavy (non-hydrogen) atoms. The SMILES string of the molecule is [O]C1C(Cl)(Cl)C1(Cl)Cl. The molecule has 1 rings (SSSR count). The fourth-order valence-electron chi connectivity index (χ4n) is 0.315. The minimum Gasteiger partial charge on any atom is -0.226 e. The third kappa shape index (κ3) is 0.659. The van der Waals surface area contributed by atoms with Crippen LogP contribution in [0.2, 0.25) is 0 Å². The van der Waals surface area contributed by atoms with Gasteiger partial charge in [0.2, 0.25) is 0 Å². The van der Waals surface area contributed by atoms with Crippen LogP contribution >= 0.6 is 46.4 Å². The lowest BCUT2D eigenvalue weighted by Gasteiger charge is -1.91. The van der Waals surface area contributed by atoms with Crippen LogP contribution < -0.4 is 0 Å². The van der Waals surface area contributed by atoms with Crippen molar-refractivity contribution in [2.75, 3.05) is 0 Å². The van der Waals surface area contributed by atoms with Gasteiger partial charge in [-0.15, -0.1) is 0 Å². The van der Waals surface area contributed by atoms with Gasteiger partial charge in [-0.3, -0.25) is 0 Å². The highest BCUT2D eigenvalue weighted by molar-refractivity contribution is 6.68. The first-order chi connectivity index (χ1) is 3.40. The molecule has 0 aromatic rings. The molecule has 1 nitrogen and oxygen atoms in total. The normalized spacial score (nSPS) is 32.6. The summed E-state index contributed by atoms with van der Waals surface area (Å²) < 4.78 is -2.95. The molecule has 1 aliphatic carbocycles. The van der Waals surface area contributed by atoms with Crippen LogP contribution in [-0.4, -0.2) is 14.8 Å². The van der Waals surface area contributed by atoms with Crippen LogP contribution in [-0.2, 0) is 5.11 Å². The number of hydrogen-bond donors (Lipinski definition) is 0. The summed E-state index contributed by atoms with van der Waals surface area (Å²) >= 11 is 21.1. The molecule has 0 unspecified atom stereocenters. The summed E-state index contributed by atoms with van der Waals surface area (Å²) in [5.74, 6) is 0. The molecule has 0 aliphatic heterocycles. The third-order valence-electron chi connectivity index (χ3n) is 1.02. The minimum atomic E-state index is -1.48. The smallest absolute Gasteiger partial charge is 0.185 e. The second kappa shape index (κ2) is 1.58. The van der Waals surface area contributed by atoms with Gasteiger partial charge in [0, 0.05) is 0 Å². The summed E-state index contributed by atoms with van der Waals surface area (Å²) in [7, 11) is 0. The van der Waals surface area contributed by atoms with Gasteiger partial charge in [0.1, 0.15) is 0 Å². The van der Waals surface area contributed by atoms with E-state index in [1.165, 1.54) is 0 Å². The standard InChI is InChI=1S/C3HCl4O/c4-2(5)1(8)3(2,6)7/h1H. The van der Waals surface area contributed by atoms with Gasteiger partial charge < -0.3 is 0 Å². The van der Waals surface area contributed by atoms with Crippen LogP contribution in [0.1, 0.15) is 0 Å². The number of rotatable bonds is 0. The van der Waals surface area contributed by atoms with Gasteiger partial charge in [-0.25, -0.2) is 5.11 Å². The Hall–Kier alpha value is 1.12. The summed E-state index contributed by atoms with van der Waals surface area (Å²) in [4.78, 5) is 0. The minimum absolute atomic E-state index is 1.28. The Morgan fingerprint density at radius 1 is 1.00 bits per heavy atom. The lowest BCUT2D eigenvalue weighted by molar-refractivity contribution is 0.171. The van der Waals surface area contributed by atoms with Crippen LogP contribution in [0.15, 0.2) is 0 Å². The van der Waals surface area contributed by atoms with E-state index in [4.69, 9.17) is 46.4 Å². The van der Waals surface area contributed by atoms with Crippen molar-refractivity contribution in [1.29, 1.82) is 0 Å². The lowest BCUT2D eigenvalue weighted by atomic mass is 10.9. The van der Waals surface area contributed by atoms with Crippen molar-refractivity contribution in [3.8, 4) is 0 Å². The molecule has 1 saturated carbocycles. The number of hydrogen-bond acceptors (Lipinski definition) is 0. The molecule has 0 aromatic heterocycles. The first-order valence-corrected chi connectivity index (χ1v) is 3.33. The molecule has 0 saturated heterocycles. The fraction of sp³-hybridized carbons (Fsp3) is 1.00. The van der Waals surface area contributed by atoms with Crippen molar-refractivity contribution in [2.45, 2.75) is 14.8 Å². The highest BCUT2D eigenvalue weighted by atomic mass is 35.5. The predicted octanol–water partition coefficient (Wildman–Crippen LogP) is 2.15. The zero-order valence-electron chi connectivity index (χ0n) is 3.50. The lowest BCUT2D eigenvalue weighted by Crippen LogP contribution is -1.96. The van der Waals surface area contributed by atoms with E-state index in [0.29, 0.717) is 0 Å². The van der Waals surface area contributed by atoms with Crippen molar-refractivity contribution >= 4 is 46.4 Å². The molecule has 1 aliphatic rings. The molecule has 5 heteroatoms. The summed E-state index contributed by atoms with van der Waals surface area (Å²) in [6.07, 6.45) is -1.28. The number of halogens is 4. The van der Waals surface area contributed by atoms with Gasteiger partial charge in [0.25, 0.3) is 0 Å². The zero-order chi connectivity index (χ0) is 6.58. The van der Waals surface area contributed by atoms with Crippen molar-refractivity contribution in [1.82, 2.24) is 0 Å². The monoisotopic (exact) mass is 193 g/mol. The summed E-state index contributed by atoms with van der Waals surface area (Å²) in [5, 5.41) is 10.4. The van der Waals surface area contributed by atoms with Gasteiger partial charge in [0.15, 0.2) is 14.8 Å². The van der Waals surface area contributed by atoms with Crippen molar-refractivity contribution in [2.24, 2.45) is 0 Å². The van der Waals surface area contributed by atoms with Crippen molar-refractivity contribution < 1.29 is 5.11 Å². The highest BCUT2D eigenvalue weighted by Gasteiger charge is 2.77. The quantitative estimate of drug-likeness (QED) is 0.527. The van der Waals surface area contributed by atoms with E-state index in [9.17, 15) is 5.11 Å². The second-order valence-corrected chi connectivity index (χ2v) is 4.40. The third-order valence-corrected chi connectivity index (χ3v) is 3.39. The molecule has 1 radical (unpaired) electrons. The van der Waals surface area contributed by atoms with E-state index in [-0.39, 0.29) is 0 Å². The van der Waals surface area contributed by atoms with E-state index in [2.05, 4.69) is 0 Å².